The Morgan fingerprint density at radius 1 is 1.04 bits per heavy atom. The van der Waals surface area contributed by atoms with Crippen LogP contribution in [0.3, 0.4) is 0 Å². The maximum atomic E-state index is 12.0. The smallest absolute Gasteiger partial charge is 0.407 e. The summed E-state index contributed by atoms with van der Waals surface area (Å²) in [5.74, 6) is 0.643. The molecule has 0 radical (unpaired) electrons. The number of hydrogen-bond donors (Lipinski definition) is 1. The number of fused-ring (bicyclic) bond motifs is 3. The van der Waals surface area contributed by atoms with Gasteiger partial charge in [0.15, 0.2) is 0 Å². The Balaban J connectivity index is 1.41. The highest BCUT2D eigenvalue weighted by Gasteiger charge is 2.29. The van der Waals surface area contributed by atoms with Crippen LogP contribution in [-0.2, 0) is 4.74 Å². The first-order valence-electron chi connectivity index (χ1n) is 8.48. The summed E-state index contributed by atoms with van der Waals surface area (Å²) in [4.78, 5) is 12.0. The number of ether oxygens (including phenoxy) is 1. The molecule has 0 aliphatic heterocycles. The first kappa shape index (κ1) is 15.0. The summed E-state index contributed by atoms with van der Waals surface area (Å²) in [7, 11) is 0. The fourth-order valence-corrected chi connectivity index (χ4v) is 3.78. The largest absolute Gasteiger partial charge is 0.449 e. The number of benzene rings is 2. The third kappa shape index (κ3) is 2.71. The molecule has 0 bridgehead atoms. The lowest BCUT2D eigenvalue weighted by Crippen LogP contribution is -2.33. The standard InChI is InChI=1S/C21H21NO2/c1-14-10-15(11-14)12-22-21(23)24-13-20-18-8-4-2-6-16(18)17-7-3-5-9-19(17)20/h2-9,15,20H,1,10-13H2,(H,22,23). The van der Waals surface area contributed by atoms with E-state index in [0.717, 1.165) is 12.8 Å². The molecule has 0 atom stereocenters. The van der Waals surface area contributed by atoms with Crippen LogP contribution in [0, 0.1) is 5.92 Å². The maximum absolute atomic E-state index is 12.0. The van der Waals surface area contributed by atoms with Crippen molar-refractivity contribution in [3.63, 3.8) is 0 Å². The molecule has 1 saturated carbocycles. The van der Waals surface area contributed by atoms with Gasteiger partial charge in [0.1, 0.15) is 6.61 Å². The van der Waals surface area contributed by atoms with E-state index < -0.39 is 0 Å². The Hall–Kier alpha value is -2.55. The van der Waals surface area contributed by atoms with E-state index in [1.807, 2.05) is 12.1 Å². The highest BCUT2D eigenvalue weighted by Crippen LogP contribution is 2.44. The zero-order chi connectivity index (χ0) is 16.5. The molecule has 1 N–H and O–H groups in total. The van der Waals surface area contributed by atoms with Crippen LogP contribution >= 0.6 is 0 Å². The molecule has 2 aromatic carbocycles. The number of alkyl carbamates (subject to hydrolysis) is 1. The monoisotopic (exact) mass is 319 g/mol. The van der Waals surface area contributed by atoms with Gasteiger partial charge < -0.3 is 10.1 Å². The van der Waals surface area contributed by atoms with Crippen molar-refractivity contribution in [2.24, 2.45) is 5.92 Å². The molecule has 24 heavy (non-hydrogen) atoms. The molecular formula is C21H21NO2. The third-order valence-electron chi connectivity index (χ3n) is 5.03. The minimum Gasteiger partial charge on any atom is -0.449 e. The molecule has 122 valence electrons. The first-order chi connectivity index (χ1) is 11.7. The molecule has 3 heteroatoms. The maximum Gasteiger partial charge on any atom is 0.407 e. The van der Waals surface area contributed by atoms with Crippen molar-refractivity contribution in [3.05, 3.63) is 71.8 Å². The SMILES string of the molecule is C=C1CC(CNC(=O)OCC2c3ccccc3-c3ccccc32)C1. The molecule has 1 amide bonds. The number of carbonyl (C=O) groups is 1. The van der Waals surface area contributed by atoms with E-state index in [1.54, 1.807) is 0 Å². The van der Waals surface area contributed by atoms with Crippen LogP contribution in [0.1, 0.15) is 29.9 Å². The van der Waals surface area contributed by atoms with Gasteiger partial charge in [-0.15, -0.1) is 0 Å². The van der Waals surface area contributed by atoms with Crippen LogP contribution in [0.15, 0.2) is 60.7 Å². The van der Waals surface area contributed by atoms with Crippen molar-refractivity contribution < 1.29 is 9.53 Å². The van der Waals surface area contributed by atoms with Gasteiger partial charge in [0.05, 0.1) is 0 Å². The van der Waals surface area contributed by atoms with Crippen molar-refractivity contribution in [3.8, 4) is 11.1 Å². The molecule has 4 rings (SSSR count). The summed E-state index contributed by atoms with van der Waals surface area (Å²) in [6.45, 7) is 4.97. The molecule has 2 aromatic rings. The molecule has 0 aromatic heterocycles. The Bertz CT molecular complexity index is 742. The summed E-state index contributed by atoms with van der Waals surface area (Å²) in [6, 6.07) is 16.7. The van der Waals surface area contributed by atoms with Gasteiger partial charge in [-0.3, -0.25) is 0 Å². The molecule has 2 aliphatic rings. The van der Waals surface area contributed by atoms with E-state index in [2.05, 4.69) is 48.3 Å². The second-order valence-electron chi connectivity index (χ2n) is 6.73. The van der Waals surface area contributed by atoms with Crippen LogP contribution in [0.2, 0.25) is 0 Å². The van der Waals surface area contributed by atoms with E-state index in [4.69, 9.17) is 4.74 Å². The lowest BCUT2D eigenvalue weighted by atomic mass is 9.81. The van der Waals surface area contributed by atoms with Crippen LogP contribution in [-0.4, -0.2) is 19.2 Å². The summed E-state index contributed by atoms with van der Waals surface area (Å²) in [5.41, 5.74) is 6.24. The van der Waals surface area contributed by atoms with E-state index in [0.29, 0.717) is 19.1 Å². The van der Waals surface area contributed by atoms with Crippen LogP contribution in [0.25, 0.3) is 11.1 Å². The summed E-state index contributed by atoms with van der Waals surface area (Å²) < 4.78 is 5.51. The highest BCUT2D eigenvalue weighted by molar-refractivity contribution is 5.79. The fourth-order valence-electron chi connectivity index (χ4n) is 3.78. The second-order valence-corrected chi connectivity index (χ2v) is 6.73. The van der Waals surface area contributed by atoms with Crippen LogP contribution < -0.4 is 5.32 Å². The van der Waals surface area contributed by atoms with Crippen molar-refractivity contribution in [1.82, 2.24) is 5.32 Å². The van der Waals surface area contributed by atoms with Gasteiger partial charge in [-0.2, -0.15) is 0 Å². The Labute approximate surface area is 142 Å². The molecule has 3 nitrogen and oxygen atoms in total. The number of carbonyl (C=O) groups excluding carboxylic acids is 1. The zero-order valence-corrected chi connectivity index (χ0v) is 13.6. The van der Waals surface area contributed by atoms with Gasteiger partial charge >= 0.3 is 6.09 Å². The van der Waals surface area contributed by atoms with Crippen molar-refractivity contribution >= 4 is 6.09 Å². The quantitative estimate of drug-likeness (QED) is 0.843. The van der Waals surface area contributed by atoms with Gasteiger partial charge in [-0.25, -0.2) is 4.79 Å². The van der Waals surface area contributed by atoms with Crippen LogP contribution in [0.4, 0.5) is 4.79 Å². The van der Waals surface area contributed by atoms with E-state index in [-0.39, 0.29) is 12.0 Å². The topological polar surface area (TPSA) is 38.3 Å². The predicted molar refractivity (Wildman–Crippen MR) is 94.9 cm³/mol. The van der Waals surface area contributed by atoms with Crippen LogP contribution in [0.5, 0.6) is 0 Å². The summed E-state index contributed by atoms with van der Waals surface area (Å²) >= 11 is 0. The second kappa shape index (κ2) is 6.16. The predicted octanol–water partition coefficient (Wildman–Crippen LogP) is 4.49. The number of allylic oxidation sites excluding steroid dienone is 1. The first-order valence-corrected chi connectivity index (χ1v) is 8.48. The summed E-state index contributed by atoms with van der Waals surface area (Å²) in [6.07, 6.45) is 1.71. The van der Waals surface area contributed by atoms with Crippen molar-refractivity contribution in [2.75, 3.05) is 13.2 Å². The van der Waals surface area contributed by atoms with E-state index in [1.165, 1.54) is 27.8 Å². The molecule has 0 unspecified atom stereocenters. The van der Waals surface area contributed by atoms with E-state index >= 15 is 0 Å². The van der Waals surface area contributed by atoms with Gasteiger partial charge in [0.25, 0.3) is 0 Å². The van der Waals surface area contributed by atoms with Gasteiger partial charge in [0.2, 0.25) is 0 Å². The normalized spacial score (nSPS) is 16.2. The van der Waals surface area contributed by atoms with E-state index in [9.17, 15) is 4.79 Å². The minimum atomic E-state index is -0.325. The molecule has 0 saturated heterocycles. The van der Waals surface area contributed by atoms with Gasteiger partial charge in [0, 0.05) is 12.5 Å². The zero-order valence-electron chi connectivity index (χ0n) is 13.6. The van der Waals surface area contributed by atoms with Gasteiger partial charge in [-0.05, 0) is 41.0 Å². The van der Waals surface area contributed by atoms with Crippen molar-refractivity contribution in [1.29, 1.82) is 0 Å². The van der Waals surface area contributed by atoms with Crippen molar-refractivity contribution in [2.45, 2.75) is 18.8 Å². The lowest BCUT2D eigenvalue weighted by Gasteiger charge is -2.28. The molecule has 2 aliphatic carbocycles. The molecule has 1 fully saturated rings. The molecule has 0 spiro atoms. The number of nitrogens with one attached hydrogen (secondary N) is 1. The Kier molecular flexibility index (Phi) is 3.85. The lowest BCUT2D eigenvalue weighted by molar-refractivity contribution is 0.140. The Morgan fingerprint density at radius 2 is 1.62 bits per heavy atom. The number of amides is 1. The summed E-state index contributed by atoms with van der Waals surface area (Å²) in [5, 5.41) is 2.87. The average molecular weight is 319 g/mol. The third-order valence-corrected chi connectivity index (χ3v) is 5.03. The molecule has 0 heterocycles. The highest BCUT2D eigenvalue weighted by atomic mass is 16.5. The minimum absolute atomic E-state index is 0.117. The Morgan fingerprint density at radius 3 is 2.21 bits per heavy atom. The van der Waals surface area contributed by atoms with Gasteiger partial charge in [-0.1, -0.05) is 60.7 Å². The average Bonchev–Trinajstić information content (AvgIpc) is 2.90. The number of rotatable bonds is 4. The molecular weight excluding hydrogens is 298 g/mol. The fraction of sp³-hybridized carbons (Fsp3) is 0.286. The number of hydrogen-bond acceptors (Lipinski definition) is 2.